The summed E-state index contributed by atoms with van der Waals surface area (Å²) in [5.74, 6) is -2.67. The second kappa shape index (κ2) is 6.63. The van der Waals surface area contributed by atoms with Gasteiger partial charge >= 0.3 is 0 Å². The molecule has 1 saturated heterocycles. The molecule has 0 spiro atoms. The van der Waals surface area contributed by atoms with Crippen LogP contribution in [0.25, 0.3) is 6.08 Å². The van der Waals surface area contributed by atoms with Crippen molar-refractivity contribution in [1.29, 1.82) is 0 Å². The lowest BCUT2D eigenvalue weighted by Crippen LogP contribution is -2.31. The molecule has 0 saturated carbocycles. The molecule has 1 aliphatic rings. The molecular formula is C14H11N3O4S2. The van der Waals surface area contributed by atoms with Crippen molar-refractivity contribution in [3.8, 4) is 5.75 Å². The molecule has 0 aliphatic carbocycles. The van der Waals surface area contributed by atoms with Gasteiger partial charge in [-0.25, -0.2) is 0 Å². The number of phenols is 1. The molecule has 0 unspecified atom stereocenters. The summed E-state index contributed by atoms with van der Waals surface area (Å²) in [5, 5.41) is 9.73. The summed E-state index contributed by atoms with van der Waals surface area (Å²) in [7, 11) is 0. The Morgan fingerprint density at radius 2 is 1.83 bits per heavy atom. The number of phenolic OH excluding ortho intramolecular Hbond substituents is 1. The molecule has 118 valence electrons. The van der Waals surface area contributed by atoms with Crippen molar-refractivity contribution >= 4 is 52.1 Å². The number of thiocarbonyl (C=S) groups is 1. The number of hydrogen-bond acceptors (Lipinski definition) is 6. The van der Waals surface area contributed by atoms with E-state index >= 15 is 0 Å². The number of carbonyl (C=O) groups excluding carboxylic acids is 3. The standard InChI is InChI=1S/C14H11N3O4S2/c15-11(19)8(12(16)20)6-17-13(21)10(23-14(17)22)5-7-3-1-2-4-9(7)18/h1-6,18H,(H2,15,19)(H2,16,20)/b10-5+. The quantitative estimate of drug-likeness (QED) is 0.313. The normalized spacial score (nSPS) is 15.8. The van der Waals surface area contributed by atoms with Crippen LogP contribution in [-0.2, 0) is 14.4 Å². The molecule has 1 aliphatic heterocycles. The highest BCUT2D eigenvalue weighted by molar-refractivity contribution is 8.26. The lowest BCUT2D eigenvalue weighted by Gasteiger charge is -2.09. The average molecular weight is 349 g/mol. The van der Waals surface area contributed by atoms with Crippen molar-refractivity contribution in [2.75, 3.05) is 0 Å². The van der Waals surface area contributed by atoms with Gasteiger partial charge in [-0.1, -0.05) is 42.2 Å². The smallest absolute Gasteiger partial charge is 0.270 e. The summed E-state index contributed by atoms with van der Waals surface area (Å²) in [6.07, 6.45) is 2.38. The Kier molecular flexibility index (Phi) is 4.82. The number of benzene rings is 1. The first kappa shape index (κ1) is 16.7. The molecule has 0 bridgehead atoms. The van der Waals surface area contributed by atoms with Gasteiger partial charge < -0.3 is 16.6 Å². The van der Waals surface area contributed by atoms with Gasteiger partial charge in [-0.15, -0.1) is 0 Å². The lowest BCUT2D eigenvalue weighted by molar-refractivity contribution is -0.120. The minimum absolute atomic E-state index is 0.00303. The summed E-state index contributed by atoms with van der Waals surface area (Å²) in [6.45, 7) is 0. The third-order valence-electron chi connectivity index (χ3n) is 2.84. The van der Waals surface area contributed by atoms with E-state index in [1.807, 2.05) is 0 Å². The molecule has 1 aromatic rings. The molecule has 1 aromatic carbocycles. The van der Waals surface area contributed by atoms with Crippen LogP contribution in [0.3, 0.4) is 0 Å². The van der Waals surface area contributed by atoms with Crippen molar-refractivity contribution < 1.29 is 19.5 Å². The second-order valence-electron chi connectivity index (χ2n) is 4.38. The van der Waals surface area contributed by atoms with Gasteiger partial charge in [0.15, 0.2) is 4.32 Å². The zero-order valence-electron chi connectivity index (χ0n) is 11.6. The van der Waals surface area contributed by atoms with Crippen molar-refractivity contribution in [1.82, 2.24) is 4.90 Å². The van der Waals surface area contributed by atoms with Crippen LogP contribution < -0.4 is 11.5 Å². The fraction of sp³-hybridized carbons (Fsp3) is 0. The maximum absolute atomic E-state index is 12.3. The summed E-state index contributed by atoms with van der Waals surface area (Å²) in [4.78, 5) is 35.8. The first-order valence-corrected chi connectivity index (χ1v) is 7.40. The highest BCUT2D eigenvalue weighted by atomic mass is 32.2. The maximum atomic E-state index is 12.3. The number of primary amides is 2. The molecule has 5 N–H and O–H groups in total. The third kappa shape index (κ3) is 3.58. The van der Waals surface area contributed by atoms with E-state index in [1.54, 1.807) is 18.2 Å². The van der Waals surface area contributed by atoms with Crippen molar-refractivity contribution in [3.05, 3.63) is 46.5 Å². The molecule has 7 nitrogen and oxygen atoms in total. The van der Waals surface area contributed by atoms with Crippen LogP contribution >= 0.6 is 24.0 Å². The lowest BCUT2D eigenvalue weighted by atomic mass is 10.2. The van der Waals surface area contributed by atoms with E-state index in [-0.39, 0.29) is 15.0 Å². The molecule has 23 heavy (non-hydrogen) atoms. The van der Waals surface area contributed by atoms with Gasteiger partial charge in [-0.2, -0.15) is 0 Å². The Hall–Kier alpha value is -2.65. The summed E-state index contributed by atoms with van der Waals surface area (Å²) < 4.78 is 0.108. The maximum Gasteiger partial charge on any atom is 0.270 e. The van der Waals surface area contributed by atoms with Crippen LogP contribution in [0.15, 0.2) is 40.9 Å². The highest BCUT2D eigenvalue weighted by Gasteiger charge is 2.32. The van der Waals surface area contributed by atoms with Gasteiger partial charge in [0.2, 0.25) is 0 Å². The topological polar surface area (TPSA) is 127 Å². The van der Waals surface area contributed by atoms with E-state index < -0.39 is 23.3 Å². The van der Waals surface area contributed by atoms with Crippen molar-refractivity contribution in [2.24, 2.45) is 11.5 Å². The first-order valence-electron chi connectivity index (χ1n) is 6.17. The van der Waals surface area contributed by atoms with E-state index in [9.17, 15) is 19.5 Å². The fourth-order valence-corrected chi connectivity index (χ4v) is 2.92. The number of hydrogen-bond donors (Lipinski definition) is 3. The molecule has 2 rings (SSSR count). The second-order valence-corrected chi connectivity index (χ2v) is 6.06. The zero-order valence-corrected chi connectivity index (χ0v) is 13.2. The Morgan fingerprint density at radius 3 is 2.39 bits per heavy atom. The van der Waals surface area contributed by atoms with Crippen LogP contribution in [0, 0.1) is 0 Å². The van der Waals surface area contributed by atoms with Gasteiger partial charge in [-0.3, -0.25) is 19.3 Å². The van der Waals surface area contributed by atoms with Crippen LogP contribution in [0.4, 0.5) is 0 Å². The zero-order chi connectivity index (χ0) is 17.1. The molecule has 1 heterocycles. The van der Waals surface area contributed by atoms with Crippen LogP contribution in [0.1, 0.15) is 5.56 Å². The van der Waals surface area contributed by atoms with Gasteiger partial charge in [0.05, 0.1) is 4.91 Å². The minimum atomic E-state index is -1.06. The van der Waals surface area contributed by atoms with E-state index in [0.29, 0.717) is 5.56 Å². The third-order valence-corrected chi connectivity index (χ3v) is 4.17. The van der Waals surface area contributed by atoms with Crippen LogP contribution in [-0.4, -0.2) is 32.0 Å². The molecule has 0 atom stereocenters. The number of rotatable bonds is 4. The minimum Gasteiger partial charge on any atom is -0.507 e. The van der Waals surface area contributed by atoms with E-state index in [4.69, 9.17) is 23.7 Å². The van der Waals surface area contributed by atoms with Crippen molar-refractivity contribution in [3.63, 3.8) is 0 Å². The number of aromatic hydroxyl groups is 1. The predicted octanol–water partition coefficient (Wildman–Crippen LogP) is 0.448. The van der Waals surface area contributed by atoms with Crippen molar-refractivity contribution in [2.45, 2.75) is 0 Å². The molecule has 3 amide bonds. The van der Waals surface area contributed by atoms with Crippen LogP contribution in [0.5, 0.6) is 5.75 Å². The highest BCUT2D eigenvalue weighted by Crippen LogP contribution is 2.34. The van der Waals surface area contributed by atoms with Gasteiger partial charge in [0.25, 0.3) is 17.7 Å². The number of amides is 3. The van der Waals surface area contributed by atoms with E-state index in [2.05, 4.69) is 0 Å². The van der Waals surface area contributed by atoms with E-state index in [0.717, 1.165) is 22.9 Å². The van der Waals surface area contributed by atoms with Gasteiger partial charge in [-0.05, 0) is 12.1 Å². The molecule has 0 aromatic heterocycles. The number of nitrogens with zero attached hydrogens (tertiary/aromatic N) is 1. The van der Waals surface area contributed by atoms with Gasteiger partial charge in [0.1, 0.15) is 11.3 Å². The molecular weight excluding hydrogens is 338 g/mol. The first-order chi connectivity index (χ1) is 10.8. The summed E-state index contributed by atoms with van der Waals surface area (Å²) >= 11 is 6.01. The number of para-hydroxylation sites is 1. The predicted molar refractivity (Wildman–Crippen MR) is 89.6 cm³/mol. The molecule has 9 heteroatoms. The summed E-state index contributed by atoms with van der Waals surface area (Å²) in [5.41, 5.74) is 9.98. The molecule has 0 radical (unpaired) electrons. The number of thioether (sulfide) groups is 1. The number of nitrogens with two attached hydrogens (primary N) is 2. The Balaban J connectivity index is 2.38. The largest absolute Gasteiger partial charge is 0.507 e. The fourth-order valence-electron chi connectivity index (χ4n) is 1.72. The Labute approximate surface area is 140 Å². The Bertz CT molecular complexity index is 770. The Morgan fingerprint density at radius 1 is 1.22 bits per heavy atom. The molecule has 1 fully saturated rings. The van der Waals surface area contributed by atoms with Crippen LogP contribution in [0.2, 0.25) is 0 Å². The SMILES string of the molecule is NC(=O)C(=CN1C(=O)/C(=C\c2ccccc2O)SC1=S)C(N)=O. The van der Waals surface area contributed by atoms with E-state index in [1.165, 1.54) is 12.1 Å². The monoisotopic (exact) mass is 349 g/mol. The van der Waals surface area contributed by atoms with Gasteiger partial charge in [0, 0.05) is 11.8 Å². The number of carbonyl (C=O) groups is 3. The average Bonchev–Trinajstić information content (AvgIpc) is 2.73. The summed E-state index contributed by atoms with van der Waals surface area (Å²) in [6, 6.07) is 6.44.